The first-order chi connectivity index (χ1) is 14.5. The van der Waals surface area contributed by atoms with Crippen LogP contribution in [0.5, 0.6) is 5.75 Å². The van der Waals surface area contributed by atoms with E-state index in [-0.39, 0.29) is 29.9 Å². The lowest BCUT2D eigenvalue weighted by Crippen LogP contribution is -2.42. The molecule has 1 aromatic heterocycles. The molecule has 168 valence electrons. The first-order valence-corrected chi connectivity index (χ1v) is 10.3. The number of ether oxygens (including phenoxy) is 1. The molecule has 2 aromatic rings. The molecule has 0 saturated heterocycles. The Hall–Kier alpha value is -3.29. The number of benzene rings is 1. The maximum Gasteiger partial charge on any atom is 0.330 e. The molecule has 3 N–H and O–H groups in total. The number of H-pyrrole nitrogens is 1. The summed E-state index contributed by atoms with van der Waals surface area (Å²) in [5.41, 5.74) is 6.71. The van der Waals surface area contributed by atoms with Crippen molar-refractivity contribution in [2.75, 3.05) is 24.3 Å². The SMILES string of the molecule is COc1ccc(C)cc1/C=C/C(=O)N(CC(C)C)c1c(N)n(CC(C)C)c(=O)[nH]c1=O. The van der Waals surface area contributed by atoms with Crippen LogP contribution in [0.4, 0.5) is 11.5 Å². The van der Waals surface area contributed by atoms with Gasteiger partial charge in [-0.15, -0.1) is 0 Å². The number of carbonyl (C=O) groups is 1. The molecular formula is C23H32N4O4. The van der Waals surface area contributed by atoms with Crippen LogP contribution in [0, 0.1) is 18.8 Å². The molecule has 31 heavy (non-hydrogen) atoms. The summed E-state index contributed by atoms with van der Waals surface area (Å²) in [7, 11) is 1.56. The van der Waals surface area contributed by atoms with E-state index in [0.29, 0.717) is 12.3 Å². The minimum atomic E-state index is -0.682. The number of rotatable bonds is 8. The van der Waals surface area contributed by atoms with Crippen LogP contribution in [-0.4, -0.2) is 29.1 Å². The van der Waals surface area contributed by atoms with E-state index >= 15 is 0 Å². The van der Waals surface area contributed by atoms with Crippen molar-refractivity contribution in [3.63, 3.8) is 0 Å². The predicted molar refractivity (Wildman–Crippen MR) is 125 cm³/mol. The van der Waals surface area contributed by atoms with Gasteiger partial charge in [-0.2, -0.15) is 0 Å². The summed E-state index contributed by atoms with van der Waals surface area (Å²) in [5, 5.41) is 0. The number of hydrogen-bond acceptors (Lipinski definition) is 5. The van der Waals surface area contributed by atoms with E-state index in [4.69, 9.17) is 10.5 Å². The van der Waals surface area contributed by atoms with Crippen molar-refractivity contribution >= 4 is 23.5 Å². The van der Waals surface area contributed by atoms with Crippen LogP contribution >= 0.6 is 0 Å². The van der Waals surface area contributed by atoms with E-state index < -0.39 is 17.2 Å². The van der Waals surface area contributed by atoms with Gasteiger partial charge in [-0.25, -0.2) is 4.79 Å². The Labute approximate surface area is 182 Å². The standard InChI is InChI=1S/C23H32N4O4/c1-14(2)12-26(19(28)10-8-17-11-16(5)7-9-18(17)31-6)20-21(24)27(13-15(3)4)23(30)25-22(20)29/h7-11,14-15H,12-13,24H2,1-6H3,(H,25,29,30)/b10-8+. The minimum absolute atomic E-state index is 0.0141. The highest BCUT2D eigenvalue weighted by Gasteiger charge is 2.24. The number of anilines is 2. The van der Waals surface area contributed by atoms with Crippen molar-refractivity contribution in [1.29, 1.82) is 0 Å². The van der Waals surface area contributed by atoms with Gasteiger partial charge in [0.1, 0.15) is 11.6 Å². The third kappa shape index (κ3) is 5.87. The fourth-order valence-electron chi connectivity index (χ4n) is 3.28. The molecule has 0 saturated carbocycles. The van der Waals surface area contributed by atoms with Crippen molar-refractivity contribution in [1.82, 2.24) is 9.55 Å². The number of aromatic nitrogens is 2. The number of nitrogens with two attached hydrogens (primary N) is 1. The molecule has 1 heterocycles. The normalized spacial score (nSPS) is 11.5. The van der Waals surface area contributed by atoms with Gasteiger partial charge in [0.05, 0.1) is 7.11 Å². The highest BCUT2D eigenvalue weighted by atomic mass is 16.5. The number of methoxy groups -OCH3 is 1. The Balaban J connectivity index is 2.54. The molecule has 2 rings (SSSR count). The van der Waals surface area contributed by atoms with Gasteiger partial charge >= 0.3 is 5.69 Å². The van der Waals surface area contributed by atoms with Crippen molar-refractivity contribution in [2.24, 2.45) is 11.8 Å². The molecule has 0 spiro atoms. The average molecular weight is 429 g/mol. The quantitative estimate of drug-likeness (QED) is 0.628. The summed E-state index contributed by atoms with van der Waals surface area (Å²) in [6, 6.07) is 5.65. The third-order valence-corrected chi connectivity index (χ3v) is 4.64. The molecule has 0 unspecified atom stereocenters. The Kier molecular flexibility index (Phi) is 7.85. The second kappa shape index (κ2) is 10.1. The fraction of sp³-hybridized carbons (Fsp3) is 0.435. The van der Waals surface area contributed by atoms with E-state index in [2.05, 4.69) is 4.98 Å². The number of aryl methyl sites for hydroxylation is 1. The maximum absolute atomic E-state index is 13.2. The number of nitrogens with zero attached hydrogens (tertiary/aromatic N) is 2. The number of nitrogens with one attached hydrogen (secondary N) is 1. The highest BCUT2D eigenvalue weighted by Crippen LogP contribution is 2.23. The number of carbonyl (C=O) groups excluding carboxylic acids is 1. The summed E-state index contributed by atoms with van der Waals surface area (Å²) in [5.74, 6) is 0.395. The zero-order valence-corrected chi connectivity index (χ0v) is 19.1. The van der Waals surface area contributed by atoms with Crippen LogP contribution in [0.2, 0.25) is 0 Å². The first kappa shape index (κ1) is 24.0. The number of aromatic amines is 1. The van der Waals surface area contributed by atoms with Gasteiger partial charge < -0.3 is 15.4 Å². The largest absolute Gasteiger partial charge is 0.496 e. The van der Waals surface area contributed by atoms with E-state index in [9.17, 15) is 14.4 Å². The molecule has 0 aliphatic heterocycles. The zero-order chi connectivity index (χ0) is 23.3. The van der Waals surface area contributed by atoms with E-state index in [1.165, 1.54) is 15.5 Å². The van der Waals surface area contributed by atoms with Crippen LogP contribution in [-0.2, 0) is 11.3 Å². The molecule has 8 heteroatoms. The maximum atomic E-state index is 13.2. The number of amides is 1. The smallest absolute Gasteiger partial charge is 0.330 e. The van der Waals surface area contributed by atoms with Crippen molar-refractivity contribution in [2.45, 2.75) is 41.2 Å². The lowest BCUT2D eigenvalue weighted by molar-refractivity contribution is -0.114. The lowest BCUT2D eigenvalue weighted by atomic mass is 10.1. The predicted octanol–water partition coefficient (Wildman–Crippen LogP) is 2.79. The molecule has 8 nitrogen and oxygen atoms in total. The Bertz CT molecular complexity index is 1080. The summed E-state index contributed by atoms with van der Waals surface area (Å²) in [6.45, 7) is 10.3. The minimum Gasteiger partial charge on any atom is -0.496 e. The second-order valence-corrected chi connectivity index (χ2v) is 8.42. The van der Waals surface area contributed by atoms with Gasteiger partial charge in [-0.3, -0.25) is 19.1 Å². The third-order valence-electron chi connectivity index (χ3n) is 4.64. The summed E-state index contributed by atoms with van der Waals surface area (Å²) >= 11 is 0. The van der Waals surface area contributed by atoms with E-state index in [1.54, 1.807) is 13.2 Å². The van der Waals surface area contributed by atoms with Gasteiger partial charge in [0.2, 0.25) is 0 Å². The Morgan fingerprint density at radius 3 is 2.48 bits per heavy atom. The van der Waals surface area contributed by atoms with Crippen LogP contribution in [0.15, 0.2) is 33.9 Å². The molecular weight excluding hydrogens is 396 g/mol. The summed E-state index contributed by atoms with van der Waals surface area (Å²) in [4.78, 5) is 41.7. The molecule has 1 aromatic carbocycles. The zero-order valence-electron chi connectivity index (χ0n) is 19.1. The Morgan fingerprint density at radius 1 is 1.23 bits per heavy atom. The molecule has 0 aliphatic carbocycles. The van der Waals surface area contributed by atoms with Gasteiger partial charge in [0, 0.05) is 24.7 Å². The highest BCUT2D eigenvalue weighted by molar-refractivity contribution is 6.05. The van der Waals surface area contributed by atoms with Gasteiger partial charge in [0.25, 0.3) is 11.5 Å². The van der Waals surface area contributed by atoms with Gasteiger partial charge in [-0.05, 0) is 37.0 Å². The van der Waals surface area contributed by atoms with Crippen molar-refractivity contribution in [3.05, 3.63) is 56.2 Å². The lowest BCUT2D eigenvalue weighted by Gasteiger charge is -2.25. The number of nitrogen functional groups attached to an aromatic ring is 1. The summed E-state index contributed by atoms with van der Waals surface area (Å²) in [6.07, 6.45) is 3.03. The molecule has 0 atom stereocenters. The fourth-order valence-corrected chi connectivity index (χ4v) is 3.28. The molecule has 0 bridgehead atoms. The first-order valence-electron chi connectivity index (χ1n) is 10.3. The molecule has 0 radical (unpaired) electrons. The monoisotopic (exact) mass is 428 g/mol. The number of hydrogen-bond donors (Lipinski definition) is 2. The van der Waals surface area contributed by atoms with E-state index in [0.717, 1.165) is 11.1 Å². The van der Waals surface area contributed by atoms with Gasteiger partial charge in [0.15, 0.2) is 5.69 Å². The van der Waals surface area contributed by atoms with Crippen LogP contribution in [0.1, 0.15) is 38.8 Å². The van der Waals surface area contributed by atoms with Crippen LogP contribution < -0.4 is 26.6 Å². The molecule has 1 amide bonds. The topological polar surface area (TPSA) is 110 Å². The molecule has 0 fully saturated rings. The molecule has 0 aliphatic rings. The van der Waals surface area contributed by atoms with E-state index in [1.807, 2.05) is 52.8 Å². The van der Waals surface area contributed by atoms with Crippen LogP contribution in [0.3, 0.4) is 0 Å². The average Bonchev–Trinajstić information content (AvgIpc) is 2.68. The summed E-state index contributed by atoms with van der Waals surface area (Å²) < 4.78 is 6.66. The second-order valence-electron chi connectivity index (χ2n) is 8.42. The Morgan fingerprint density at radius 2 is 1.90 bits per heavy atom. The van der Waals surface area contributed by atoms with Gasteiger partial charge in [-0.1, -0.05) is 39.3 Å². The van der Waals surface area contributed by atoms with Crippen molar-refractivity contribution < 1.29 is 9.53 Å². The van der Waals surface area contributed by atoms with Crippen LogP contribution in [0.25, 0.3) is 6.08 Å². The van der Waals surface area contributed by atoms with Crippen molar-refractivity contribution in [3.8, 4) is 5.75 Å².